The first kappa shape index (κ1) is 22.7. The van der Waals surface area contributed by atoms with Gasteiger partial charge in [0.1, 0.15) is 11.5 Å². The molecule has 1 aromatic heterocycles. The number of nitrogens with zero attached hydrogens (tertiary/aromatic N) is 2. The number of furan rings is 1. The Morgan fingerprint density at radius 2 is 1.74 bits per heavy atom. The lowest BCUT2D eigenvalue weighted by atomic mass is 9.94. The average Bonchev–Trinajstić information content (AvgIpc) is 3.34. The van der Waals surface area contributed by atoms with Crippen LogP contribution in [0.3, 0.4) is 0 Å². The summed E-state index contributed by atoms with van der Waals surface area (Å²) in [6.07, 6.45) is 0.786. The molecule has 1 aliphatic heterocycles. The summed E-state index contributed by atoms with van der Waals surface area (Å²) >= 11 is 0. The third-order valence-electron chi connectivity index (χ3n) is 5.05. The molecule has 1 aromatic carbocycles. The van der Waals surface area contributed by atoms with Gasteiger partial charge in [-0.05, 0) is 43.2 Å². The maximum Gasteiger partial charge on any atom is 0.242 e. The second kappa shape index (κ2) is 9.45. The topological polar surface area (TPSA) is 72.2 Å². The Labute approximate surface area is 183 Å². The number of fused-ring (bicyclic) bond motifs is 1. The van der Waals surface area contributed by atoms with Crippen LogP contribution in [0.4, 0.5) is 0 Å². The van der Waals surface area contributed by atoms with Crippen LogP contribution in [-0.4, -0.2) is 41.5 Å². The highest BCUT2D eigenvalue weighted by molar-refractivity contribution is 5.87. The van der Waals surface area contributed by atoms with Gasteiger partial charge in [0, 0.05) is 18.5 Å². The van der Waals surface area contributed by atoms with Crippen molar-refractivity contribution in [1.82, 2.24) is 9.80 Å². The van der Waals surface area contributed by atoms with E-state index in [0.29, 0.717) is 36.9 Å². The molecule has 0 radical (unpaired) electrons. The summed E-state index contributed by atoms with van der Waals surface area (Å²) in [5, 5.41) is 0. The van der Waals surface area contributed by atoms with Crippen molar-refractivity contribution >= 4 is 11.8 Å². The van der Waals surface area contributed by atoms with E-state index >= 15 is 0 Å². The first-order chi connectivity index (χ1) is 14.7. The van der Waals surface area contributed by atoms with Crippen molar-refractivity contribution in [2.45, 2.75) is 54.1 Å². The number of hydrogen-bond acceptors (Lipinski definition) is 5. The second-order valence-corrected chi connectivity index (χ2v) is 8.93. The van der Waals surface area contributed by atoms with Crippen LogP contribution in [-0.2, 0) is 22.7 Å². The van der Waals surface area contributed by atoms with E-state index in [9.17, 15) is 9.59 Å². The fourth-order valence-electron chi connectivity index (χ4n) is 3.51. The lowest BCUT2D eigenvalue weighted by Crippen LogP contribution is -2.46. The zero-order valence-corrected chi connectivity index (χ0v) is 19.1. The molecule has 0 saturated heterocycles. The molecule has 31 heavy (non-hydrogen) atoms. The number of benzene rings is 1. The Morgan fingerprint density at radius 1 is 1.00 bits per heavy atom. The van der Waals surface area contributed by atoms with Crippen LogP contribution in [0.25, 0.3) is 0 Å². The molecule has 7 heteroatoms. The van der Waals surface area contributed by atoms with Crippen LogP contribution in [0.15, 0.2) is 34.7 Å². The van der Waals surface area contributed by atoms with E-state index in [1.807, 2.05) is 65.0 Å². The number of carbonyl (C=O) groups excluding carboxylic acids is 2. The van der Waals surface area contributed by atoms with Gasteiger partial charge < -0.3 is 23.7 Å². The maximum absolute atomic E-state index is 13.3. The largest absolute Gasteiger partial charge is 0.464 e. The van der Waals surface area contributed by atoms with Gasteiger partial charge in [-0.1, -0.05) is 33.8 Å². The maximum atomic E-state index is 13.3. The molecule has 168 valence electrons. The molecule has 0 atom stereocenters. The van der Waals surface area contributed by atoms with Crippen LogP contribution in [0.1, 0.15) is 51.2 Å². The third kappa shape index (κ3) is 5.81. The molecule has 0 spiro atoms. The van der Waals surface area contributed by atoms with Gasteiger partial charge in [0.2, 0.25) is 18.6 Å². The molecule has 7 nitrogen and oxygen atoms in total. The highest BCUT2D eigenvalue weighted by Crippen LogP contribution is 2.33. The van der Waals surface area contributed by atoms with E-state index in [1.54, 1.807) is 9.80 Å². The molecule has 1 aliphatic rings. The predicted molar refractivity (Wildman–Crippen MR) is 117 cm³/mol. The minimum absolute atomic E-state index is 0.0282. The predicted octanol–water partition coefficient (Wildman–Crippen LogP) is 4.13. The van der Waals surface area contributed by atoms with Gasteiger partial charge in [0.05, 0.1) is 13.1 Å². The summed E-state index contributed by atoms with van der Waals surface area (Å²) in [5.74, 6) is 2.72. The molecule has 0 bridgehead atoms. The molecule has 0 aliphatic carbocycles. The SMILES string of the molecule is CCCN(CC(=O)N(Cc1ccc2c(c1)OCO2)Cc1ccc(C)o1)C(=O)C(C)(C)C. The van der Waals surface area contributed by atoms with E-state index in [-0.39, 0.29) is 25.2 Å². The van der Waals surface area contributed by atoms with E-state index in [1.165, 1.54) is 0 Å². The molecule has 0 N–H and O–H groups in total. The first-order valence-electron chi connectivity index (χ1n) is 10.7. The minimum Gasteiger partial charge on any atom is -0.464 e. The summed E-state index contributed by atoms with van der Waals surface area (Å²) in [7, 11) is 0. The molecular formula is C24H32N2O5. The number of ether oxygens (including phenoxy) is 2. The van der Waals surface area contributed by atoms with Crippen molar-refractivity contribution in [1.29, 1.82) is 0 Å². The van der Waals surface area contributed by atoms with Gasteiger partial charge in [-0.15, -0.1) is 0 Å². The summed E-state index contributed by atoms with van der Waals surface area (Å²) in [6, 6.07) is 9.42. The van der Waals surface area contributed by atoms with Crippen molar-refractivity contribution in [2.75, 3.05) is 19.9 Å². The van der Waals surface area contributed by atoms with Crippen molar-refractivity contribution < 1.29 is 23.5 Å². The molecular weight excluding hydrogens is 396 g/mol. The monoisotopic (exact) mass is 428 g/mol. The van der Waals surface area contributed by atoms with E-state index < -0.39 is 5.41 Å². The molecule has 0 fully saturated rings. The van der Waals surface area contributed by atoms with Crippen molar-refractivity contribution in [3.05, 3.63) is 47.4 Å². The number of amides is 2. The number of rotatable bonds is 8. The number of hydrogen-bond donors (Lipinski definition) is 0. The van der Waals surface area contributed by atoms with Gasteiger partial charge in [0.25, 0.3) is 0 Å². The summed E-state index contributed by atoms with van der Waals surface area (Å²) in [4.78, 5) is 29.6. The zero-order chi connectivity index (χ0) is 22.6. The molecule has 2 amide bonds. The van der Waals surface area contributed by atoms with Crippen molar-refractivity contribution in [3.63, 3.8) is 0 Å². The highest BCUT2D eigenvalue weighted by atomic mass is 16.7. The third-order valence-corrected chi connectivity index (χ3v) is 5.05. The van der Waals surface area contributed by atoms with Crippen molar-refractivity contribution in [3.8, 4) is 11.5 Å². The Balaban J connectivity index is 1.80. The van der Waals surface area contributed by atoms with Crippen LogP contribution in [0, 0.1) is 12.3 Å². The van der Waals surface area contributed by atoms with E-state index in [4.69, 9.17) is 13.9 Å². The molecule has 2 aromatic rings. The first-order valence-corrected chi connectivity index (χ1v) is 10.7. The summed E-state index contributed by atoms with van der Waals surface area (Å²) in [6.45, 7) is 11.0. The minimum atomic E-state index is -0.546. The average molecular weight is 429 g/mol. The zero-order valence-electron chi connectivity index (χ0n) is 19.1. The molecule has 0 unspecified atom stereocenters. The molecule has 0 saturated carbocycles. The second-order valence-electron chi connectivity index (χ2n) is 8.93. The lowest BCUT2D eigenvalue weighted by Gasteiger charge is -2.31. The van der Waals surface area contributed by atoms with Gasteiger partial charge in [-0.25, -0.2) is 0 Å². The quantitative estimate of drug-likeness (QED) is 0.632. The Bertz CT molecular complexity index is 928. The van der Waals surface area contributed by atoms with Crippen molar-refractivity contribution in [2.24, 2.45) is 5.41 Å². The Kier molecular flexibility index (Phi) is 6.93. The standard InChI is InChI=1S/C24H32N2O5/c1-6-11-25(23(28)24(3,4)5)15-22(27)26(14-19-9-7-17(2)31-19)13-18-8-10-20-21(12-18)30-16-29-20/h7-10,12H,6,11,13-16H2,1-5H3. The van der Waals surface area contributed by atoms with Gasteiger partial charge in [0.15, 0.2) is 11.5 Å². The fourth-order valence-corrected chi connectivity index (χ4v) is 3.51. The summed E-state index contributed by atoms with van der Waals surface area (Å²) in [5.41, 5.74) is 0.375. The molecule has 2 heterocycles. The smallest absolute Gasteiger partial charge is 0.242 e. The molecule has 3 rings (SSSR count). The van der Waals surface area contributed by atoms with E-state index in [0.717, 1.165) is 17.7 Å². The van der Waals surface area contributed by atoms with Crippen LogP contribution in [0.2, 0.25) is 0 Å². The van der Waals surface area contributed by atoms with Crippen LogP contribution >= 0.6 is 0 Å². The number of aryl methyl sites for hydroxylation is 1. The lowest BCUT2D eigenvalue weighted by molar-refractivity contribution is -0.146. The van der Waals surface area contributed by atoms with Gasteiger partial charge >= 0.3 is 0 Å². The Morgan fingerprint density at radius 3 is 2.39 bits per heavy atom. The summed E-state index contributed by atoms with van der Waals surface area (Å²) < 4.78 is 16.6. The highest BCUT2D eigenvalue weighted by Gasteiger charge is 2.29. The van der Waals surface area contributed by atoms with Gasteiger partial charge in [-0.3, -0.25) is 9.59 Å². The van der Waals surface area contributed by atoms with Crippen LogP contribution < -0.4 is 9.47 Å². The Hall–Kier alpha value is -2.96. The number of carbonyl (C=O) groups is 2. The normalized spacial score (nSPS) is 12.7. The van der Waals surface area contributed by atoms with E-state index in [2.05, 4.69) is 0 Å². The van der Waals surface area contributed by atoms with Gasteiger partial charge in [-0.2, -0.15) is 0 Å². The van der Waals surface area contributed by atoms with Crippen LogP contribution in [0.5, 0.6) is 11.5 Å². The fraction of sp³-hybridized carbons (Fsp3) is 0.500.